The number of rotatable bonds is 6. The highest BCUT2D eigenvalue weighted by atomic mass is 15.1. The van der Waals surface area contributed by atoms with Gasteiger partial charge in [-0.2, -0.15) is 0 Å². The molecule has 1 aliphatic heterocycles. The molecule has 0 amide bonds. The number of hydrogen-bond donors (Lipinski definition) is 2. The van der Waals surface area contributed by atoms with Crippen LogP contribution in [0.3, 0.4) is 0 Å². The first-order valence-electron chi connectivity index (χ1n) is 6.68. The van der Waals surface area contributed by atoms with Crippen molar-refractivity contribution < 1.29 is 0 Å². The van der Waals surface area contributed by atoms with Crippen molar-refractivity contribution in [2.75, 3.05) is 45.6 Å². The molecule has 5 heteroatoms. The van der Waals surface area contributed by atoms with Crippen LogP contribution in [0.1, 0.15) is 24.3 Å². The molecule has 1 aliphatic rings. The van der Waals surface area contributed by atoms with Gasteiger partial charge >= 0.3 is 0 Å². The van der Waals surface area contributed by atoms with Gasteiger partial charge in [-0.25, -0.2) is 9.97 Å². The number of anilines is 1. The Balaban J connectivity index is 1.82. The minimum atomic E-state index is 0.605. The molecule has 1 atom stereocenters. The van der Waals surface area contributed by atoms with E-state index in [1.54, 1.807) is 0 Å². The summed E-state index contributed by atoms with van der Waals surface area (Å²) in [4.78, 5) is 11.1. The quantitative estimate of drug-likeness (QED) is 0.734. The van der Waals surface area contributed by atoms with E-state index in [1.165, 1.54) is 18.5 Å². The van der Waals surface area contributed by atoms with Gasteiger partial charge in [-0.15, -0.1) is 0 Å². The molecule has 1 unspecified atom stereocenters. The van der Waals surface area contributed by atoms with Gasteiger partial charge < -0.3 is 15.5 Å². The summed E-state index contributed by atoms with van der Waals surface area (Å²) < 4.78 is 0. The molecule has 2 heterocycles. The first kappa shape index (κ1) is 13.2. The highest BCUT2D eigenvalue weighted by Crippen LogP contribution is 2.25. The maximum absolute atomic E-state index is 4.38. The van der Waals surface area contributed by atoms with Crippen LogP contribution in [0, 0.1) is 0 Å². The number of aromatic nitrogens is 2. The Morgan fingerprint density at radius 1 is 1.33 bits per heavy atom. The van der Waals surface area contributed by atoms with Crippen molar-refractivity contribution in [2.24, 2.45) is 0 Å². The molecule has 0 spiro atoms. The molecule has 1 aromatic rings. The number of hydrogen-bond acceptors (Lipinski definition) is 5. The van der Waals surface area contributed by atoms with Gasteiger partial charge in [-0.3, -0.25) is 0 Å². The summed E-state index contributed by atoms with van der Waals surface area (Å²) in [6.07, 6.45) is 6.23. The van der Waals surface area contributed by atoms with Gasteiger partial charge in [0.1, 0.15) is 0 Å². The third kappa shape index (κ3) is 3.65. The second-order valence-electron chi connectivity index (χ2n) is 4.97. The van der Waals surface area contributed by atoms with Gasteiger partial charge in [0.25, 0.3) is 0 Å². The summed E-state index contributed by atoms with van der Waals surface area (Å²) in [5, 5.41) is 6.35. The molecule has 100 valence electrons. The van der Waals surface area contributed by atoms with Gasteiger partial charge in [-0.1, -0.05) is 0 Å². The van der Waals surface area contributed by atoms with Crippen molar-refractivity contribution in [1.29, 1.82) is 0 Å². The largest absolute Gasteiger partial charge is 0.354 e. The normalized spacial score (nSPS) is 20.2. The molecule has 18 heavy (non-hydrogen) atoms. The first-order chi connectivity index (χ1) is 8.79. The van der Waals surface area contributed by atoms with Crippen LogP contribution >= 0.6 is 0 Å². The highest BCUT2D eigenvalue weighted by molar-refractivity contribution is 5.26. The van der Waals surface area contributed by atoms with Gasteiger partial charge in [0.2, 0.25) is 5.95 Å². The molecule has 1 fully saturated rings. The Labute approximate surface area is 109 Å². The fourth-order valence-electron chi connectivity index (χ4n) is 2.31. The summed E-state index contributed by atoms with van der Waals surface area (Å²) in [5.41, 5.74) is 1.26. The number of likely N-dealkylation sites (tertiary alicyclic amines) is 1. The molecule has 2 N–H and O–H groups in total. The molecule has 0 bridgehead atoms. The standard InChI is InChI=1S/C13H23N5/c1-14-5-3-6-15-13-16-8-12(9-17-13)11-4-7-18(2)10-11/h8-9,11,14H,3-7,10H2,1-2H3,(H,15,16,17). The molecule has 0 saturated carbocycles. The van der Waals surface area contributed by atoms with Crippen LogP contribution in [0.25, 0.3) is 0 Å². The molecular weight excluding hydrogens is 226 g/mol. The SMILES string of the molecule is CNCCCNc1ncc(C2CCN(C)C2)cn1. The maximum atomic E-state index is 4.38. The summed E-state index contributed by atoms with van der Waals surface area (Å²) in [6, 6.07) is 0. The van der Waals surface area contributed by atoms with E-state index in [1.807, 2.05) is 19.4 Å². The van der Waals surface area contributed by atoms with Crippen LogP contribution in [-0.2, 0) is 0 Å². The van der Waals surface area contributed by atoms with E-state index in [0.29, 0.717) is 5.92 Å². The summed E-state index contributed by atoms with van der Waals surface area (Å²) in [5.74, 6) is 1.34. The highest BCUT2D eigenvalue weighted by Gasteiger charge is 2.21. The topological polar surface area (TPSA) is 53.1 Å². The van der Waals surface area contributed by atoms with Crippen molar-refractivity contribution in [2.45, 2.75) is 18.8 Å². The predicted octanol–water partition coefficient (Wildman–Crippen LogP) is 0.917. The third-order valence-corrected chi connectivity index (χ3v) is 3.42. The number of nitrogens with zero attached hydrogens (tertiary/aromatic N) is 3. The minimum Gasteiger partial charge on any atom is -0.354 e. The smallest absolute Gasteiger partial charge is 0.222 e. The van der Waals surface area contributed by atoms with E-state index in [9.17, 15) is 0 Å². The summed E-state index contributed by atoms with van der Waals surface area (Å²) in [6.45, 7) is 4.22. The van der Waals surface area contributed by atoms with Crippen molar-refractivity contribution >= 4 is 5.95 Å². The molecule has 5 nitrogen and oxygen atoms in total. The third-order valence-electron chi connectivity index (χ3n) is 3.42. The average molecular weight is 249 g/mol. The van der Waals surface area contributed by atoms with E-state index in [4.69, 9.17) is 0 Å². The van der Waals surface area contributed by atoms with E-state index >= 15 is 0 Å². The van der Waals surface area contributed by atoms with Crippen LogP contribution in [0.15, 0.2) is 12.4 Å². The lowest BCUT2D eigenvalue weighted by Crippen LogP contribution is -2.15. The zero-order valence-electron chi connectivity index (χ0n) is 11.3. The zero-order chi connectivity index (χ0) is 12.8. The predicted molar refractivity (Wildman–Crippen MR) is 73.9 cm³/mol. The molecular formula is C13H23N5. The molecule has 0 radical (unpaired) electrons. The average Bonchev–Trinajstić information content (AvgIpc) is 2.82. The first-order valence-corrected chi connectivity index (χ1v) is 6.68. The lowest BCUT2D eigenvalue weighted by atomic mass is 10.0. The Morgan fingerprint density at radius 3 is 2.72 bits per heavy atom. The van der Waals surface area contributed by atoms with Crippen LogP contribution in [-0.4, -0.2) is 55.1 Å². The lowest BCUT2D eigenvalue weighted by Gasteiger charge is -2.10. The summed E-state index contributed by atoms with van der Waals surface area (Å²) >= 11 is 0. The Hall–Kier alpha value is -1.20. The van der Waals surface area contributed by atoms with Gasteiger partial charge in [0.15, 0.2) is 0 Å². The van der Waals surface area contributed by atoms with Crippen molar-refractivity contribution in [1.82, 2.24) is 20.2 Å². The van der Waals surface area contributed by atoms with Gasteiger partial charge in [0.05, 0.1) is 0 Å². The lowest BCUT2D eigenvalue weighted by molar-refractivity contribution is 0.411. The van der Waals surface area contributed by atoms with Crippen molar-refractivity contribution in [3.8, 4) is 0 Å². The van der Waals surface area contributed by atoms with Gasteiger partial charge in [-0.05, 0) is 45.6 Å². The van der Waals surface area contributed by atoms with E-state index in [2.05, 4.69) is 32.5 Å². The second kappa shape index (κ2) is 6.66. The second-order valence-corrected chi connectivity index (χ2v) is 4.97. The Kier molecular flexibility index (Phi) is 4.90. The van der Waals surface area contributed by atoms with Crippen LogP contribution in [0.2, 0.25) is 0 Å². The Bertz CT molecular complexity index is 351. The van der Waals surface area contributed by atoms with E-state index < -0.39 is 0 Å². The summed E-state index contributed by atoms with van der Waals surface area (Å²) in [7, 11) is 4.13. The van der Waals surface area contributed by atoms with E-state index in [0.717, 1.165) is 32.0 Å². The molecule has 0 aromatic carbocycles. The molecule has 1 aromatic heterocycles. The van der Waals surface area contributed by atoms with Crippen LogP contribution in [0.4, 0.5) is 5.95 Å². The Morgan fingerprint density at radius 2 is 2.11 bits per heavy atom. The van der Waals surface area contributed by atoms with Crippen molar-refractivity contribution in [3.05, 3.63) is 18.0 Å². The van der Waals surface area contributed by atoms with Crippen LogP contribution in [0.5, 0.6) is 0 Å². The van der Waals surface area contributed by atoms with Crippen molar-refractivity contribution in [3.63, 3.8) is 0 Å². The zero-order valence-corrected chi connectivity index (χ0v) is 11.3. The number of nitrogens with one attached hydrogen (secondary N) is 2. The van der Waals surface area contributed by atoms with Gasteiger partial charge in [0, 0.05) is 31.4 Å². The molecule has 1 saturated heterocycles. The van der Waals surface area contributed by atoms with E-state index in [-0.39, 0.29) is 0 Å². The minimum absolute atomic E-state index is 0.605. The monoisotopic (exact) mass is 249 g/mol. The number of likely N-dealkylation sites (N-methyl/N-ethyl adjacent to an activating group) is 1. The maximum Gasteiger partial charge on any atom is 0.222 e. The molecule has 2 rings (SSSR count). The molecule has 0 aliphatic carbocycles. The fraction of sp³-hybridized carbons (Fsp3) is 0.692. The van der Waals surface area contributed by atoms with Crippen LogP contribution < -0.4 is 10.6 Å². The fourth-order valence-corrected chi connectivity index (χ4v) is 2.31.